The van der Waals surface area contributed by atoms with E-state index in [1.165, 1.54) is 26.3 Å². The van der Waals surface area contributed by atoms with Crippen molar-refractivity contribution in [2.75, 3.05) is 0 Å². The van der Waals surface area contributed by atoms with Crippen LogP contribution in [0.3, 0.4) is 0 Å². The normalized spacial score (nSPS) is 41.7. The predicted octanol–water partition coefficient (Wildman–Crippen LogP) is 8.21. The minimum Gasteiger partial charge on any atom is -0.462 e. The molecule has 10 atom stereocenters. The maximum Gasteiger partial charge on any atom is 0.303 e. The number of carbonyl (C=O) groups excluding carboxylic acids is 3. The van der Waals surface area contributed by atoms with Crippen molar-refractivity contribution in [2.45, 2.75) is 152 Å². The molecule has 0 aromatic carbocycles. The van der Waals surface area contributed by atoms with Crippen LogP contribution in [-0.4, -0.2) is 35.7 Å². The summed E-state index contributed by atoms with van der Waals surface area (Å²) in [6.45, 7) is 23.0. The quantitative estimate of drug-likeness (QED) is 0.170. The van der Waals surface area contributed by atoms with E-state index in [0.717, 1.165) is 57.8 Å². The van der Waals surface area contributed by atoms with E-state index in [1.807, 2.05) is 0 Å². The fourth-order valence-corrected chi connectivity index (χ4v) is 11.4. The summed E-state index contributed by atoms with van der Waals surface area (Å²) in [5.41, 5.74) is 0.525. The number of ether oxygens (including phenoxy) is 3. The molecule has 0 saturated heterocycles. The number of allylic oxidation sites excluding steroid dienone is 2. The molecule has 4 saturated carbocycles. The zero-order valence-electron chi connectivity index (χ0n) is 28.4. The molecule has 4 rings (SSSR count). The van der Waals surface area contributed by atoms with Gasteiger partial charge >= 0.3 is 17.9 Å². The van der Waals surface area contributed by atoms with E-state index < -0.39 is 5.60 Å². The van der Waals surface area contributed by atoms with Crippen molar-refractivity contribution >= 4 is 17.9 Å². The maximum atomic E-state index is 12.7. The standard InChI is InChI=1S/C36H58O6/c1-22(2)13-12-17-36(11,42-25(5)39)26-14-19-35(10)31(26)27(40-23(3)37)21-29-33(8)18-16-30(41-24(4)38)32(6,7)28(33)15-20-34(29,35)9/h13,26-31H,12,14-21H2,1-11H3/t26?,27?,28?,29?,30-,31-,33-,34+,35+,36?/m0/s1. The Kier molecular flexibility index (Phi) is 8.86. The second-order valence-electron chi connectivity index (χ2n) is 16.2. The maximum absolute atomic E-state index is 12.7. The average Bonchev–Trinajstić information content (AvgIpc) is 3.21. The number of hydrogen-bond donors (Lipinski definition) is 0. The molecule has 4 fully saturated rings. The van der Waals surface area contributed by atoms with Crippen LogP contribution in [0.2, 0.25) is 0 Å². The van der Waals surface area contributed by atoms with Crippen LogP contribution in [0.25, 0.3) is 0 Å². The van der Waals surface area contributed by atoms with Crippen LogP contribution in [0.5, 0.6) is 0 Å². The highest BCUT2D eigenvalue weighted by atomic mass is 16.6. The molecule has 0 amide bonds. The summed E-state index contributed by atoms with van der Waals surface area (Å²) in [5, 5.41) is 0. The third-order valence-corrected chi connectivity index (χ3v) is 13.3. The Balaban J connectivity index is 1.76. The largest absolute Gasteiger partial charge is 0.462 e. The molecule has 0 bridgehead atoms. The summed E-state index contributed by atoms with van der Waals surface area (Å²) in [6, 6.07) is 0. The molecule has 6 nitrogen and oxygen atoms in total. The van der Waals surface area contributed by atoms with Crippen molar-refractivity contribution in [2.24, 2.45) is 45.3 Å². The molecule has 0 spiro atoms. The van der Waals surface area contributed by atoms with Gasteiger partial charge in [-0.3, -0.25) is 14.4 Å². The van der Waals surface area contributed by atoms with E-state index in [2.05, 4.69) is 61.5 Å². The fraction of sp³-hybridized carbons (Fsp3) is 0.861. The molecule has 42 heavy (non-hydrogen) atoms. The first-order valence-corrected chi connectivity index (χ1v) is 16.5. The van der Waals surface area contributed by atoms with E-state index in [-0.39, 0.29) is 63.6 Å². The summed E-state index contributed by atoms with van der Waals surface area (Å²) in [6.07, 6.45) is 10.4. The average molecular weight is 587 g/mol. The molecule has 238 valence electrons. The summed E-state index contributed by atoms with van der Waals surface area (Å²) in [5.74, 6) is 0.338. The molecule has 5 unspecified atom stereocenters. The van der Waals surface area contributed by atoms with Crippen LogP contribution in [0, 0.1) is 45.3 Å². The molecule has 0 aromatic heterocycles. The fourth-order valence-electron chi connectivity index (χ4n) is 11.4. The van der Waals surface area contributed by atoms with Crippen LogP contribution < -0.4 is 0 Å². The molecular weight excluding hydrogens is 528 g/mol. The molecular formula is C36H58O6. The first kappa shape index (κ1) is 33.1. The summed E-state index contributed by atoms with van der Waals surface area (Å²) in [7, 11) is 0. The van der Waals surface area contributed by atoms with Crippen molar-refractivity contribution in [3.05, 3.63) is 11.6 Å². The summed E-state index contributed by atoms with van der Waals surface area (Å²) in [4.78, 5) is 37.2. The Bertz CT molecular complexity index is 1100. The number of hydrogen-bond acceptors (Lipinski definition) is 6. The van der Waals surface area contributed by atoms with Gasteiger partial charge in [-0.25, -0.2) is 0 Å². The number of esters is 3. The van der Waals surface area contributed by atoms with Crippen LogP contribution in [0.15, 0.2) is 11.6 Å². The van der Waals surface area contributed by atoms with E-state index in [4.69, 9.17) is 14.2 Å². The second-order valence-corrected chi connectivity index (χ2v) is 16.2. The number of rotatable bonds is 7. The first-order chi connectivity index (χ1) is 19.3. The van der Waals surface area contributed by atoms with Gasteiger partial charge in [-0.05, 0) is 107 Å². The van der Waals surface area contributed by atoms with Gasteiger partial charge in [0.15, 0.2) is 0 Å². The van der Waals surface area contributed by atoms with E-state index in [0.29, 0.717) is 11.8 Å². The highest BCUT2D eigenvalue weighted by Gasteiger charge is 2.72. The third-order valence-electron chi connectivity index (χ3n) is 13.3. The van der Waals surface area contributed by atoms with Crippen LogP contribution >= 0.6 is 0 Å². The van der Waals surface area contributed by atoms with Gasteiger partial charge in [-0.1, -0.05) is 46.3 Å². The lowest BCUT2D eigenvalue weighted by Crippen LogP contribution is -2.67. The third kappa shape index (κ3) is 5.36. The van der Waals surface area contributed by atoms with Crippen LogP contribution in [0.4, 0.5) is 0 Å². The summed E-state index contributed by atoms with van der Waals surface area (Å²) >= 11 is 0. The van der Waals surface area contributed by atoms with Crippen molar-refractivity contribution in [3.8, 4) is 0 Å². The Labute approximate surface area is 255 Å². The van der Waals surface area contributed by atoms with E-state index in [9.17, 15) is 14.4 Å². The molecule has 6 heteroatoms. The predicted molar refractivity (Wildman–Crippen MR) is 164 cm³/mol. The number of fused-ring (bicyclic) bond motifs is 5. The Morgan fingerprint density at radius 3 is 1.98 bits per heavy atom. The SMILES string of the molecule is CC(=O)OC1CC2[C@@]3(C)CC[C@H](OC(C)=O)C(C)(C)C3CC[C@@]2(C)[C@]2(C)CCC(C(C)(CCC=C(C)C)OC(C)=O)[C@@H]12. The molecule has 4 aliphatic carbocycles. The Hall–Kier alpha value is -1.85. The molecule has 0 radical (unpaired) electrons. The Morgan fingerprint density at radius 2 is 1.40 bits per heavy atom. The Morgan fingerprint density at radius 1 is 0.786 bits per heavy atom. The lowest BCUT2D eigenvalue weighted by atomic mass is 9.35. The highest BCUT2D eigenvalue weighted by Crippen LogP contribution is 2.76. The van der Waals surface area contributed by atoms with Gasteiger partial charge in [0.05, 0.1) is 0 Å². The van der Waals surface area contributed by atoms with Gasteiger partial charge in [0, 0.05) is 38.0 Å². The highest BCUT2D eigenvalue weighted by molar-refractivity contribution is 5.67. The first-order valence-electron chi connectivity index (χ1n) is 16.5. The lowest BCUT2D eigenvalue weighted by Gasteiger charge is -2.70. The van der Waals surface area contributed by atoms with Gasteiger partial charge in [0.1, 0.15) is 17.8 Å². The van der Waals surface area contributed by atoms with Crippen molar-refractivity contribution in [1.29, 1.82) is 0 Å². The van der Waals surface area contributed by atoms with Crippen LogP contribution in [0.1, 0.15) is 134 Å². The summed E-state index contributed by atoms with van der Waals surface area (Å²) < 4.78 is 18.5. The minimum atomic E-state index is -0.632. The van der Waals surface area contributed by atoms with Crippen molar-refractivity contribution < 1.29 is 28.6 Å². The van der Waals surface area contributed by atoms with Gasteiger partial charge in [-0.2, -0.15) is 0 Å². The topological polar surface area (TPSA) is 78.9 Å². The van der Waals surface area contributed by atoms with E-state index in [1.54, 1.807) is 0 Å². The lowest BCUT2D eigenvalue weighted by molar-refractivity contribution is -0.253. The molecule has 0 N–H and O–H groups in total. The van der Waals surface area contributed by atoms with Crippen molar-refractivity contribution in [3.63, 3.8) is 0 Å². The number of carbonyl (C=O) groups is 3. The zero-order chi connectivity index (χ0) is 31.5. The molecule has 4 aliphatic rings. The smallest absolute Gasteiger partial charge is 0.303 e. The minimum absolute atomic E-state index is 0.0419. The van der Waals surface area contributed by atoms with Crippen molar-refractivity contribution in [1.82, 2.24) is 0 Å². The van der Waals surface area contributed by atoms with Gasteiger partial charge in [-0.15, -0.1) is 0 Å². The van der Waals surface area contributed by atoms with Gasteiger partial charge < -0.3 is 14.2 Å². The van der Waals surface area contributed by atoms with Gasteiger partial charge in [0.2, 0.25) is 0 Å². The van der Waals surface area contributed by atoms with Gasteiger partial charge in [0.25, 0.3) is 0 Å². The zero-order valence-corrected chi connectivity index (χ0v) is 28.4. The second kappa shape index (κ2) is 11.3. The molecule has 0 heterocycles. The monoisotopic (exact) mass is 586 g/mol. The van der Waals surface area contributed by atoms with E-state index >= 15 is 0 Å². The molecule has 0 aliphatic heterocycles. The molecule has 0 aromatic rings. The van der Waals surface area contributed by atoms with Crippen LogP contribution in [-0.2, 0) is 28.6 Å².